The summed E-state index contributed by atoms with van der Waals surface area (Å²) in [7, 11) is 1.68. The third-order valence-electron chi connectivity index (χ3n) is 2.71. The van der Waals surface area contributed by atoms with E-state index >= 15 is 0 Å². The molecule has 0 atom stereocenters. The number of aryl methyl sites for hydroxylation is 2. The maximum atomic E-state index is 5.82. The number of rotatable bonds is 5. The zero-order valence-corrected chi connectivity index (χ0v) is 11.7. The molecule has 1 heterocycles. The molecule has 2 aromatic rings. The standard InChI is InChI=1S/C13H15ClN2O.ClH/c1-17-13-4-2-3-11(7-13)5-6-16-10-15-9-12(16)8-14;/h2-4,7,9-10H,5-6,8H2,1H3;1H. The minimum Gasteiger partial charge on any atom is -0.497 e. The maximum absolute atomic E-state index is 5.82. The number of hydrogen-bond acceptors (Lipinski definition) is 2. The van der Waals surface area contributed by atoms with E-state index in [1.54, 1.807) is 13.3 Å². The van der Waals surface area contributed by atoms with Crippen molar-refractivity contribution in [1.82, 2.24) is 9.55 Å². The quantitative estimate of drug-likeness (QED) is 0.789. The average Bonchev–Trinajstić information content (AvgIpc) is 2.84. The number of ether oxygens (including phenoxy) is 1. The molecule has 0 aliphatic carbocycles. The Morgan fingerprint density at radius 2 is 2.22 bits per heavy atom. The first-order valence-corrected chi connectivity index (χ1v) is 6.05. The highest BCUT2D eigenvalue weighted by molar-refractivity contribution is 6.16. The Balaban J connectivity index is 0.00000162. The van der Waals surface area contributed by atoms with Crippen molar-refractivity contribution in [2.45, 2.75) is 18.8 Å². The number of alkyl halides is 1. The van der Waals surface area contributed by atoms with E-state index in [4.69, 9.17) is 16.3 Å². The van der Waals surface area contributed by atoms with Crippen molar-refractivity contribution < 1.29 is 4.74 Å². The molecule has 1 aromatic heterocycles. The third-order valence-corrected chi connectivity index (χ3v) is 2.98. The SMILES string of the molecule is COc1cccc(CCn2cncc2CCl)c1.Cl. The van der Waals surface area contributed by atoms with Crippen LogP contribution in [0, 0.1) is 0 Å². The molecule has 0 amide bonds. The number of halogens is 2. The van der Waals surface area contributed by atoms with Crippen molar-refractivity contribution in [1.29, 1.82) is 0 Å². The van der Waals surface area contributed by atoms with Crippen LogP contribution in [0.15, 0.2) is 36.8 Å². The van der Waals surface area contributed by atoms with E-state index in [0.717, 1.165) is 24.4 Å². The summed E-state index contributed by atoms with van der Waals surface area (Å²) >= 11 is 5.82. The lowest BCUT2D eigenvalue weighted by atomic mass is 10.1. The Kier molecular flexibility index (Phi) is 6.02. The fraction of sp³-hybridized carbons (Fsp3) is 0.308. The molecule has 0 saturated carbocycles. The van der Waals surface area contributed by atoms with Gasteiger partial charge in [-0.25, -0.2) is 4.98 Å². The molecule has 0 unspecified atom stereocenters. The van der Waals surface area contributed by atoms with Gasteiger partial charge in [0.1, 0.15) is 5.75 Å². The van der Waals surface area contributed by atoms with Crippen LogP contribution >= 0.6 is 24.0 Å². The largest absolute Gasteiger partial charge is 0.497 e. The van der Waals surface area contributed by atoms with Gasteiger partial charge in [-0.2, -0.15) is 0 Å². The summed E-state index contributed by atoms with van der Waals surface area (Å²) in [6, 6.07) is 8.10. The fourth-order valence-corrected chi connectivity index (χ4v) is 1.96. The Hall–Kier alpha value is -1.19. The fourth-order valence-electron chi connectivity index (χ4n) is 1.74. The maximum Gasteiger partial charge on any atom is 0.119 e. The molecule has 18 heavy (non-hydrogen) atoms. The van der Waals surface area contributed by atoms with Gasteiger partial charge in [0, 0.05) is 12.7 Å². The Labute approximate surface area is 118 Å². The van der Waals surface area contributed by atoms with E-state index in [9.17, 15) is 0 Å². The van der Waals surface area contributed by atoms with Crippen LogP contribution < -0.4 is 4.74 Å². The van der Waals surface area contributed by atoms with Crippen LogP contribution in [0.5, 0.6) is 5.75 Å². The van der Waals surface area contributed by atoms with Crippen LogP contribution in [-0.2, 0) is 18.8 Å². The zero-order chi connectivity index (χ0) is 12.1. The van der Waals surface area contributed by atoms with Crippen LogP contribution in [0.25, 0.3) is 0 Å². The molecule has 5 heteroatoms. The third kappa shape index (κ3) is 3.65. The van der Waals surface area contributed by atoms with Gasteiger partial charge in [-0.05, 0) is 24.1 Å². The van der Waals surface area contributed by atoms with Crippen molar-refractivity contribution in [2.75, 3.05) is 7.11 Å². The summed E-state index contributed by atoms with van der Waals surface area (Å²) in [5, 5.41) is 0. The lowest BCUT2D eigenvalue weighted by Crippen LogP contribution is -2.03. The first kappa shape index (κ1) is 14.9. The highest BCUT2D eigenvalue weighted by atomic mass is 35.5. The molecule has 0 spiro atoms. The molecule has 0 radical (unpaired) electrons. The van der Waals surface area contributed by atoms with Gasteiger partial charge in [-0.3, -0.25) is 0 Å². The van der Waals surface area contributed by atoms with Gasteiger partial charge >= 0.3 is 0 Å². The van der Waals surface area contributed by atoms with E-state index in [2.05, 4.69) is 21.7 Å². The monoisotopic (exact) mass is 286 g/mol. The van der Waals surface area contributed by atoms with Crippen molar-refractivity contribution in [3.8, 4) is 5.75 Å². The van der Waals surface area contributed by atoms with Gasteiger partial charge in [0.05, 0.1) is 25.0 Å². The smallest absolute Gasteiger partial charge is 0.119 e. The van der Waals surface area contributed by atoms with Crippen molar-refractivity contribution >= 4 is 24.0 Å². The van der Waals surface area contributed by atoms with E-state index < -0.39 is 0 Å². The van der Waals surface area contributed by atoms with Gasteiger partial charge in [0.15, 0.2) is 0 Å². The minimum absolute atomic E-state index is 0. The molecule has 0 N–H and O–H groups in total. The molecule has 0 fully saturated rings. The number of benzene rings is 1. The van der Waals surface area contributed by atoms with Gasteiger partial charge in [-0.15, -0.1) is 24.0 Å². The summed E-state index contributed by atoms with van der Waals surface area (Å²) < 4.78 is 7.27. The topological polar surface area (TPSA) is 27.1 Å². The van der Waals surface area contributed by atoms with Gasteiger partial charge in [0.2, 0.25) is 0 Å². The molecular weight excluding hydrogens is 271 g/mol. The second kappa shape index (κ2) is 7.29. The van der Waals surface area contributed by atoms with Gasteiger partial charge in [0.25, 0.3) is 0 Å². The molecule has 2 rings (SSSR count). The number of aromatic nitrogens is 2. The van der Waals surface area contributed by atoms with Crippen LogP contribution in [0.2, 0.25) is 0 Å². The summed E-state index contributed by atoms with van der Waals surface area (Å²) in [5.74, 6) is 1.39. The Morgan fingerprint density at radius 1 is 1.39 bits per heavy atom. The molecule has 98 valence electrons. The van der Waals surface area contributed by atoms with E-state index in [1.165, 1.54) is 5.56 Å². The van der Waals surface area contributed by atoms with Gasteiger partial charge in [-0.1, -0.05) is 12.1 Å². The summed E-state index contributed by atoms with van der Waals surface area (Å²) in [5.41, 5.74) is 2.30. The Bertz CT molecular complexity index is 485. The van der Waals surface area contributed by atoms with Crippen LogP contribution in [-0.4, -0.2) is 16.7 Å². The predicted octanol–water partition coefficient (Wildman–Crippen LogP) is 3.30. The molecular formula is C13H16Cl2N2O. The average molecular weight is 287 g/mol. The molecule has 0 aliphatic heterocycles. The zero-order valence-electron chi connectivity index (χ0n) is 10.2. The molecule has 0 bridgehead atoms. The first-order valence-electron chi connectivity index (χ1n) is 5.51. The molecule has 1 aromatic carbocycles. The predicted molar refractivity (Wildman–Crippen MR) is 75.7 cm³/mol. The first-order chi connectivity index (χ1) is 8.33. The van der Waals surface area contributed by atoms with E-state index in [0.29, 0.717) is 5.88 Å². The second-order valence-corrected chi connectivity index (χ2v) is 4.08. The minimum atomic E-state index is 0. The molecule has 0 saturated heterocycles. The van der Waals surface area contributed by atoms with Crippen molar-refractivity contribution in [3.05, 3.63) is 48.0 Å². The number of nitrogens with zero attached hydrogens (tertiary/aromatic N) is 2. The summed E-state index contributed by atoms with van der Waals surface area (Å²) in [4.78, 5) is 4.09. The molecule has 0 aliphatic rings. The van der Waals surface area contributed by atoms with Crippen LogP contribution in [0.1, 0.15) is 11.3 Å². The van der Waals surface area contributed by atoms with Gasteiger partial charge < -0.3 is 9.30 Å². The van der Waals surface area contributed by atoms with Crippen molar-refractivity contribution in [3.63, 3.8) is 0 Å². The van der Waals surface area contributed by atoms with Crippen LogP contribution in [0.4, 0.5) is 0 Å². The van der Waals surface area contributed by atoms with Crippen molar-refractivity contribution in [2.24, 2.45) is 0 Å². The second-order valence-electron chi connectivity index (χ2n) is 3.81. The Morgan fingerprint density at radius 3 is 2.94 bits per heavy atom. The highest BCUT2D eigenvalue weighted by Gasteiger charge is 2.01. The summed E-state index contributed by atoms with van der Waals surface area (Å²) in [6.45, 7) is 0.884. The lowest BCUT2D eigenvalue weighted by Gasteiger charge is -2.07. The lowest BCUT2D eigenvalue weighted by molar-refractivity contribution is 0.414. The molecule has 3 nitrogen and oxygen atoms in total. The normalized spacial score (nSPS) is 9.89. The number of methoxy groups -OCH3 is 1. The summed E-state index contributed by atoms with van der Waals surface area (Å²) in [6.07, 6.45) is 4.56. The van der Waals surface area contributed by atoms with Crippen LogP contribution in [0.3, 0.4) is 0 Å². The van der Waals surface area contributed by atoms with E-state index in [-0.39, 0.29) is 12.4 Å². The van der Waals surface area contributed by atoms with E-state index in [1.807, 2.05) is 18.5 Å². The highest BCUT2D eigenvalue weighted by Crippen LogP contribution is 2.14. The number of imidazole rings is 1. The number of hydrogen-bond donors (Lipinski definition) is 0.